The lowest BCUT2D eigenvalue weighted by molar-refractivity contribution is 0.352. The van der Waals surface area contributed by atoms with Gasteiger partial charge in [-0.25, -0.2) is 0 Å². The summed E-state index contributed by atoms with van der Waals surface area (Å²) in [6.45, 7) is 1.05. The highest BCUT2D eigenvalue weighted by Crippen LogP contribution is 2.37. The van der Waals surface area contributed by atoms with E-state index in [0.29, 0.717) is 5.92 Å². The minimum Gasteiger partial charge on any atom is -0.497 e. The van der Waals surface area contributed by atoms with E-state index in [1.807, 2.05) is 18.2 Å². The summed E-state index contributed by atoms with van der Waals surface area (Å²) >= 11 is 6.00. The molecular weight excluding hydrogens is 342 g/mol. The summed E-state index contributed by atoms with van der Waals surface area (Å²) in [5.41, 5.74) is 5.19. The number of methoxy groups -OCH3 is 1. The van der Waals surface area contributed by atoms with Crippen molar-refractivity contribution in [3.8, 4) is 5.75 Å². The summed E-state index contributed by atoms with van der Waals surface area (Å²) in [6.07, 6.45) is 6.87. The lowest BCUT2D eigenvalue weighted by atomic mass is 9.81. The van der Waals surface area contributed by atoms with Crippen LogP contribution in [0.3, 0.4) is 0 Å². The number of hydrogen-bond acceptors (Lipinski definition) is 2. The zero-order chi connectivity index (χ0) is 18.5. The van der Waals surface area contributed by atoms with Crippen LogP contribution in [0.25, 0.3) is 11.6 Å². The van der Waals surface area contributed by atoms with Crippen LogP contribution >= 0.6 is 11.6 Å². The molecule has 0 heterocycles. The predicted octanol–water partition coefficient (Wildman–Crippen LogP) is 5.79. The molecule has 26 heavy (non-hydrogen) atoms. The molecule has 1 unspecified atom stereocenters. The van der Waals surface area contributed by atoms with E-state index >= 15 is 0 Å². The Kier molecular flexibility index (Phi) is 6.18. The van der Waals surface area contributed by atoms with Crippen LogP contribution < -0.4 is 4.74 Å². The van der Waals surface area contributed by atoms with Crippen LogP contribution in [0.15, 0.2) is 60.2 Å². The Hall–Kier alpha value is -2.03. The monoisotopic (exact) mass is 367 g/mol. The normalized spacial score (nSPS) is 18.9. The highest BCUT2D eigenvalue weighted by Gasteiger charge is 2.22. The number of nitrogens with zero attached hydrogens (tertiary/aromatic N) is 1. The van der Waals surface area contributed by atoms with E-state index in [4.69, 9.17) is 16.3 Å². The molecule has 1 atom stereocenters. The van der Waals surface area contributed by atoms with E-state index in [1.165, 1.54) is 22.3 Å². The molecular formula is C23H26ClNO. The Morgan fingerprint density at radius 1 is 1.15 bits per heavy atom. The summed E-state index contributed by atoms with van der Waals surface area (Å²) in [5.74, 6) is 1.43. The zero-order valence-corrected chi connectivity index (χ0v) is 16.5. The molecule has 2 aromatic carbocycles. The third kappa shape index (κ3) is 4.78. The molecule has 0 spiro atoms. The number of benzene rings is 2. The minimum atomic E-state index is 0.527. The summed E-state index contributed by atoms with van der Waals surface area (Å²) in [7, 11) is 6.00. The van der Waals surface area contributed by atoms with Crippen molar-refractivity contribution in [3.63, 3.8) is 0 Å². The van der Waals surface area contributed by atoms with E-state index in [9.17, 15) is 0 Å². The quantitative estimate of drug-likeness (QED) is 0.663. The van der Waals surface area contributed by atoms with E-state index in [-0.39, 0.29) is 0 Å². The molecule has 136 valence electrons. The second-order valence-electron chi connectivity index (χ2n) is 7.10. The van der Waals surface area contributed by atoms with E-state index in [0.717, 1.165) is 30.2 Å². The Morgan fingerprint density at radius 2 is 1.92 bits per heavy atom. The molecule has 3 rings (SSSR count). The minimum absolute atomic E-state index is 0.527. The second kappa shape index (κ2) is 8.57. The molecule has 0 N–H and O–H groups in total. The molecule has 0 aliphatic heterocycles. The van der Waals surface area contributed by atoms with Gasteiger partial charge in [-0.15, -0.1) is 0 Å². The van der Waals surface area contributed by atoms with Crippen molar-refractivity contribution >= 4 is 23.3 Å². The third-order valence-corrected chi connectivity index (χ3v) is 5.02. The number of hydrogen-bond donors (Lipinski definition) is 0. The van der Waals surface area contributed by atoms with Gasteiger partial charge in [-0.05, 0) is 79.4 Å². The van der Waals surface area contributed by atoms with Gasteiger partial charge in [0, 0.05) is 11.6 Å². The molecule has 1 aliphatic rings. The molecule has 0 aromatic heterocycles. The van der Waals surface area contributed by atoms with Crippen molar-refractivity contribution < 1.29 is 4.74 Å². The molecule has 3 heteroatoms. The lowest BCUT2D eigenvalue weighted by Crippen LogP contribution is -2.24. The van der Waals surface area contributed by atoms with Gasteiger partial charge in [-0.3, -0.25) is 0 Å². The van der Waals surface area contributed by atoms with Gasteiger partial charge in [-0.1, -0.05) is 48.0 Å². The molecule has 0 saturated heterocycles. The summed E-state index contributed by atoms with van der Waals surface area (Å²) in [5, 5.41) is 0.773. The first-order chi connectivity index (χ1) is 12.5. The maximum Gasteiger partial charge on any atom is 0.119 e. The average Bonchev–Trinajstić information content (AvgIpc) is 2.64. The van der Waals surface area contributed by atoms with Crippen molar-refractivity contribution in [2.75, 3.05) is 27.7 Å². The first-order valence-corrected chi connectivity index (χ1v) is 9.40. The highest BCUT2D eigenvalue weighted by molar-refractivity contribution is 6.30. The van der Waals surface area contributed by atoms with Gasteiger partial charge in [0.15, 0.2) is 0 Å². The second-order valence-corrected chi connectivity index (χ2v) is 7.54. The van der Waals surface area contributed by atoms with Crippen molar-refractivity contribution in [1.82, 2.24) is 4.90 Å². The number of ether oxygens (including phenoxy) is 1. The maximum atomic E-state index is 6.00. The zero-order valence-electron chi connectivity index (χ0n) is 15.7. The molecule has 0 saturated carbocycles. The van der Waals surface area contributed by atoms with Crippen LogP contribution in [0.1, 0.15) is 24.0 Å². The first kappa shape index (κ1) is 18.8. The Bertz CT molecular complexity index is 805. The Labute approximate surface area is 161 Å². The van der Waals surface area contributed by atoms with Crippen molar-refractivity contribution in [3.05, 3.63) is 76.3 Å². The van der Waals surface area contributed by atoms with Crippen LogP contribution in [0, 0.1) is 5.92 Å². The van der Waals surface area contributed by atoms with Gasteiger partial charge in [-0.2, -0.15) is 0 Å². The summed E-state index contributed by atoms with van der Waals surface area (Å²) in [6, 6.07) is 16.4. The molecule has 0 fully saturated rings. The van der Waals surface area contributed by atoms with Gasteiger partial charge in [0.2, 0.25) is 0 Å². The number of halogens is 1. The van der Waals surface area contributed by atoms with Gasteiger partial charge in [0.25, 0.3) is 0 Å². The Balaban J connectivity index is 1.97. The van der Waals surface area contributed by atoms with Crippen LogP contribution in [-0.4, -0.2) is 32.6 Å². The van der Waals surface area contributed by atoms with Crippen LogP contribution in [0.2, 0.25) is 5.02 Å². The van der Waals surface area contributed by atoms with E-state index in [2.05, 4.69) is 61.5 Å². The number of rotatable bonds is 5. The molecule has 0 amide bonds. The molecule has 1 aliphatic carbocycles. The van der Waals surface area contributed by atoms with Crippen LogP contribution in [0.4, 0.5) is 0 Å². The topological polar surface area (TPSA) is 12.5 Å². The van der Waals surface area contributed by atoms with Crippen LogP contribution in [0.5, 0.6) is 5.75 Å². The van der Waals surface area contributed by atoms with Gasteiger partial charge in [0.05, 0.1) is 7.11 Å². The SMILES string of the molecule is COc1cccc(C2=C/C(=C/c3ccc(Cl)cc3)CCC2CN(C)C)c1. The van der Waals surface area contributed by atoms with Crippen LogP contribution in [-0.2, 0) is 0 Å². The number of allylic oxidation sites excluding steroid dienone is 2. The maximum absolute atomic E-state index is 6.00. The fourth-order valence-electron chi connectivity index (χ4n) is 3.53. The smallest absolute Gasteiger partial charge is 0.119 e. The Morgan fingerprint density at radius 3 is 2.62 bits per heavy atom. The molecule has 0 bridgehead atoms. The summed E-state index contributed by atoms with van der Waals surface area (Å²) in [4.78, 5) is 2.27. The standard InChI is InChI=1S/C23H26ClNO/c1-25(2)16-20-10-7-18(13-17-8-11-21(24)12-9-17)14-23(20)19-5-4-6-22(15-19)26-3/h4-6,8-9,11-15,20H,7,10,16H2,1-3H3/b18-13+. The third-order valence-electron chi connectivity index (χ3n) is 4.77. The molecule has 0 radical (unpaired) electrons. The molecule has 2 aromatic rings. The molecule has 2 nitrogen and oxygen atoms in total. The highest BCUT2D eigenvalue weighted by atomic mass is 35.5. The predicted molar refractivity (Wildman–Crippen MR) is 112 cm³/mol. The first-order valence-electron chi connectivity index (χ1n) is 9.02. The fraction of sp³-hybridized carbons (Fsp3) is 0.304. The van der Waals surface area contributed by atoms with E-state index < -0.39 is 0 Å². The lowest BCUT2D eigenvalue weighted by Gasteiger charge is -2.28. The fourth-order valence-corrected chi connectivity index (χ4v) is 3.65. The van der Waals surface area contributed by atoms with Crippen molar-refractivity contribution in [2.45, 2.75) is 12.8 Å². The van der Waals surface area contributed by atoms with Gasteiger partial charge in [0.1, 0.15) is 5.75 Å². The van der Waals surface area contributed by atoms with Crippen molar-refractivity contribution in [1.29, 1.82) is 0 Å². The van der Waals surface area contributed by atoms with E-state index in [1.54, 1.807) is 7.11 Å². The largest absolute Gasteiger partial charge is 0.497 e. The average molecular weight is 368 g/mol. The summed E-state index contributed by atoms with van der Waals surface area (Å²) < 4.78 is 5.43. The van der Waals surface area contributed by atoms with Gasteiger partial charge < -0.3 is 9.64 Å². The van der Waals surface area contributed by atoms with Crippen molar-refractivity contribution in [2.24, 2.45) is 5.92 Å². The van der Waals surface area contributed by atoms with Gasteiger partial charge >= 0.3 is 0 Å².